The Kier molecular flexibility index (Phi) is 3.36. The van der Waals surface area contributed by atoms with Crippen LogP contribution in [-0.4, -0.2) is 42.1 Å². The summed E-state index contributed by atoms with van der Waals surface area (Å²) in [6.07, 6.45) is 0.641. The van der Waals surface area contributed by atoms with Gasteiger partial charge in [0.15, 0.2) is 0 Å². The minimum Gasteiger partial charge on any atom is -0.286 e. The molecule has 13 heavy (non-hydrogen) atoms. The van der Waals surface area contributed by atoms with Gasteiger partial charge < -0.3 is 0 Å². The second-order valence-electron chi connectivity index (χ2n) is 5.00. The number of rotatable bonds is 2. The highest BCUT2D eigenvalue weighted by molar-refractivity contribution is 4.88. The van der Waals surface area contributed by atoms with Gasteiger partial charge in [-0.2, -0.15) is 0 Å². The van der Waals surface area contributed by atoms with Crippen molar-refractivity contribution >= 4 is 0 Å². The highest BCUT2D eigenvalue weighted by Crippen LogP contribution is 2.30. The third-order valence-corrected chi connectivity index (χ3v) is 2.95. The van der Waals surface area contributed by atoms with Gasteiger partial charge >= 0.3 is 0 Å². The average Bonchev–Trinajstić information content (AvgIpc) is 2.45. The molecule has 1 fully saturated rings. The molecule has 1 saturated heterocycles. The Morgan fingerprint density at radius 1 is 1.00 bits per heavy atom. The Morgan fingerprint density at radius 2 is 1.38 bits per heavy atom. The third kappa shape index (κ3) is 2.23. The normalized spacial score (nSPS) is 22.8. The maximum absolute atomic E-state index is 2.59. The molecule has 1 aliphatic heterocycles. The summed E-state index contributed by atoms with van der Waals surface area (Å²) in [5.74, 6) is 0. The first-order valence-corrected chi connectivity index (χ1v) is 5.48. The summed E-state index contributed by atoms with van der Waals surface area (Å²) in [4.78, 5) is 5.17. The van der Waals surface area contributed by atoms with Crippen LogP contribution in [0, 0.1) is 5.41 Å². The van der Waals surface area contributed by atoms with Gasteiger partial charge in [0.05, 0.1) is 6.17 Å². The molecule has 0 spiro atoms. The molecule has 0 radical (unpaired) electrons. The maximum atomic E-state index is 2.59. The fourth-order valence-corrected chi connectivity index (χ4v) is 2.49. The fourth-order valence-electron chi connectivity index (χ4n) is 2.49. The van der Waals surface area contributed by atoms with Gasteiger partial charge in [0.1, 0.15) is 0 Å². The van der Waals surface area contributed by atoms with Crippen LogP contribution in [0.25, 0.3) is 0 Å². The zero-order chi connectivity index (χ0) is 10.1. The van der Waals surface area contributed by atoms with Gasteiger partial charge in [-0.3, -0.25) is 9.80 Å². The van der Waals surface area contributed by atoms with E-state index in [9.17, 15) is 0 Å². The van der Waals surface area contributed by atoms with E-state index >= 15 is 0 Å². The first-order chi connectivity index (χ1) is 6.00. The average molecular weight is 184 g/mol. The molecule has 1 rings (SSSR count). The minimum absolute atomic E-state index is 0.377. The number of hydrogen-bond acceptors (Lipinski definition) is 2. The predicted octanol–water partition coefficient (Wildman–Crippen LogP) is 2.02. The molecule has 0 aromatic carbocycles. The quantitative estimate of drug-likeness (QED) is 0.648. The van der Waals surface area contributed by atoms with Gasteiger partial charge in [-0.15, -0.1) is 0 Å². The molecule has 0 bridgehead atoms. The molecule has 1 aliphatic rings. The van der Waals surface area contributed by atoms with Crippen LogP contribution in [0.4, 0.5) is 0 Å². The lowest BCUT2D eigenvalue weighted by atomic mass is 9.91. The van der Waals surface area contributed by atoms with Gasteiger partial charge in [0, 0.05) is 13.1 Å². The van der Waals surface area contributed by atoms with Crippen LogP contribution in [0.5, 0.6) is 0 Å². The van der Waals surface area contributed by atoms with E-state index in [1.165, 1.54) is 26.2 Å². The lowest BCUT2D eigenvalue weighted by molar-refractivity contribution is 0.0449. The van der Waals surface area contributed by atoms with Crippen molar-refractivity contribution in [2.24, 2.45) is 5.41 Å². The SMILES string of the molecule is CCN1CCN(CC)C1C(C)(C)C. The van der Waals surface area contributed by atoms with Crippen LogP contribution in [0.3, 0.4) is 0 Å². The summed E-state index contributed by atoms with van der Waals surface area (Å²) in [6, 6.07) is 0. The van der Waals surface area contributed by atoms with Crippen molar-refractivity contribution in [2.45, 2.75) is 40.8 Å². The first-order valence-electron chi connectivity index (χ1n) is 5.48. The van der Waals surface area contributed by atoms with Gasteiger partial charge in [-0.1, -0.05) is 34.6 Å². The molecular formula is C11H24N2. The largest absolute Gasteiger partial charge is 0.286 e. The zero-order valence-corrected chi connectivity index (χ0v) is 9.80. The highest BCUT2D eigenvalue weighted by atomic mass is 15.4. The Hall–Kier alpha value is -0.0800. The summed E-state index contributed by atoms with van der Waals surface area (Å²) in [5, 5.41) is 0. The number of nitrogens with zero attached hydrogens (tertiary/aromatic N) is 2. The molecule has 0 N–H and O–H groups in total. The summed E-state index contributed by atoms with van der Waals surface area (Å²) < 4.78 is 0. The molecule has 0 atom stereocenters. The second-order valence-corrected chi connectivity index (χ2v) is 5.00. The smallest absolute Gasteiger partial charge is 0.0673 e. The van der Waals surface area contributed by atoms with E-state index in [4.69, 9.17) is 0 Å². The number of likely N-dealkylation sites (N-methyl/N-ethyl adjacent to an activating group) is 2. The molecule has 1 heterocycles. The summed E-state index contributed by atoms with van der Waals surface area (Å²) in [5.41, 5.74) is 0.377. The molecule has 0 aromatic heterocycles. The molecule has 2 nitrogen and oxygen atoms in total. The Bertz CT molecular complexity index is 148. The number of hydrogen-bond donors (Lipinski definition) is 0. The Balaban J connectivity index is 2.73. The molecule has 78 valence electrons. The Morgan fingerprint density at radius 3 is 1.62 bits per heavy atom. The van der Waals surface area contributed by atoms with Gasteiger partial charge in [-0.05, 0) is 18.5 Å². The van der Waals surface area contributed by atoms with Crippen LogP contribution >= 0.6 is 0 Å². The van der Waals surface area contributed by atoms with Gasteiger partial charge in [0.2, 0.25) is 0 Å². The van der Waals surface area contributed by atoms with Crippen molar-refractivity contribution in [2.75, 3.05) is 26.2 Å². The molecule has 0 aliphatic carbocycles. The van der Waals surface area contributed by atoms with Gasteiger partial charge in [0.25, 0.3) is 0 Å². The lowest BCUT2D eigenvalue weighted by Gasteiger charge is -2.39. The van der Waals surface area contributed by atoms with Crippen LogP contribution in [0.15, 0.2) is 0 Å². The van der Waals surface area contributed by atoms with Crippen molar-refractivity contribution in [3.05, 3.63) is 0 Å². The standard InChI is InChI=1S/C11H24N2/c1-6-12-8-9-13(7-2)10(12)11(3,4)5/h10H,6-9H2,1-5H3. The van der Waals surface area contributed by atoms with E-state index < -0.39 is 0 Å². The predicted molar refractivity (Wildman–Crippen MR) is 57.7 cm³/mol. The van der Waals surface area contributed by atoms with E-state index in [2.05, 4.69) is 44.4 Å². The molecule has 0 amide bonds. The molecule has 2 heteroatoms. The van der Waals surface area contributed by atoms with Crippen molar-refractivity contribution in [3.63, 3.8) is 0 Å². The Labute approximate surface area is 82.9 Å². The van der Waals surface area contributed by atoms with E-state index in [1.54, 1.807) is 0 Å². The van der Waals surface area contributed by atoms with Crippen molar-refractivity contribution in [1.29, 1.82) is 0 Å². The molecular weight excluding hydrogens is 160 g/mol. The molecule has 0 saturated carbocycles. The monoisotopic (exact) mass is 184 g/mol. The molecule has 0 aromatic rings. The zero-order valence-electron chi connectivity index (χ0n) is 9.80. The second kappa shape index (κ2) is 3.97. The van der Waals surface area contributed by atoms with Crippen LogP contribution in [0.2, 0.25) is 0 Å². The first kappa shape index (κ1) is 11.0. The van der Waals surface area contributed by atoms with E-state index in [0.29, 0.717) is 11.6 Å². The third-order valence-electron chi connectivity index (χ3n) is 2.95. The highest BCUT2D eigenvalue weighted by Gasteiger charge is 2.37. The van der Waals surface area contributed by atoms with Crippen LogP contribution in [-0.2, 0) is 0 Å². The van der Waals surface area contributed by atoms with E-state index in [0.717, 1.165) is 0 Å². The lowest BCUT2D eigenvalue weighted by Crippen LogP contribution is -2.47. The van der Waals surface area contributed by atoms with Crippen LogP contribution in [0.1, 0.15) is 34.6 Å². The van der Waals surface area contributed by atoms with E-state index in [-0.39, 0.29) is 0 Å². The summed E-state index contributed by atoms with van der Waals surface area (Å²) in [7, 11) is 0. The van der Waals surface area contributed by atoms with E-state index in [1.807, 2.05) is 0 Å². The minimum atomic E-state index is 0.377. The van der Waals surface area contributed by atoms with Crippen molar-refractivity contribution in [1.82, 2.24) is 9.80 Å². The van der Waals surface area contributed by atoms with Crippen molar-refractivity contribution < 1.29 is 0 Å². The molecule has 0 unspecified atom stereocenters. The van der Waals surface area contributed by atoms with Crippen LogP contribution < -0.4 is 0 Å². The van der Waals surface area contributed by atoms with Gasteiger partial charge in [-0.25, -0.2) is 0 Å². The maximum Gasteiger partial charge on any atom is 0.0673 e. The topological polar surface area (TPSA) is 6.48 Å². The summed E-state index contributed by atoms with van der Waals surface area (Å²) >= 11 is 0. The summed E-state index contributed by atoms with van der Waals surface area (Å²) in [6.45, 7) is 16.4. The van der Waals surface area contributed by atoms with Crippen molar-refractivity contribution in [3.8, 4) is 0 Å². The fraction of sp³-hybridized carbons (Fsp3) is 1.00.